The van der Waals surface area contributed by atoms with Crippen molar-refractivity contribution in [3.8, 4) is 28.3 Å². The summed E-state index contributed by atoms with van der Waals surface area (Å²) < 4.78 is 35.5. The van der Waals surface area contributed by atoms with Crippen LogP contribution in [0.5, 0.6) is 5.88 Å². The number of halogens is 3. The summed E-state index contributed by atoms with van der Waals surface area (Å²) in [5, 5.41) is 10.0. The lowest BCUT2D eigenvalue weighted by atomic mass is 9.96. The van der Waals surface area contributed by atoms with E-state index in [4.69, 9.17) is 21.3 Å². The molecule has 2 atom stereocenters. The summed E-state index contributed by atoms with van der Waals surface area (Å²) in [5.41, 5.74) is 4.48. The molecule has 5 aromatic rings. The molecule has 0 spiro atoms. The summed E-state index contributed by atoms with van der Waals surface area (Å²) >= 11 is 7.15. The first kappa shape index (κ1) is 34.2. The van der Waals surface area contributed by atoms with Crippen molar-refractivity contribution in [2.45, 2.75) is 51.1 Å². The van der Waals surface area contributed by atoms with E-state index in [1.165, 1.54) is 14.1 Å². The van der Waals surface area contributed by atoms with Crippen molar-refractivity contribution >= 4 is 40.0 Å². The summed E-state index contributed by atoms with van der Waals surface area (Å²) in [7, 11) is 4.26. The number of rotatable bonds is 9. The Labute approximate surface area is 295 Å². The zero-order valence-electron chi connectivity index (χ0n) is 28.3. The predicted molar refractivity (Wildman–Crippen MR) is 190 cm³/mol. The minimum Gasteiger partial charge on any atom is -0.481 e. The molecule has 0 saturated carbocycles. The van der Waals surface area contributed by atoms with Gasteiger partial charge in [0.05, 0.1) is 17.8 Å². The maximum absolute atomic E-state index is 13.9. The van der Waals surface area contributed by atoms with Gasteiger partial charge in [0, 0.05) is 61.5 Å². The molecule has 264 valence electrons. The normalized spacial score (nSPS) is 16.9. The van der Waals surface area contributed by atoms with Crippen molar-refractivity contribution < 1.29 is 18.3 Å². The SMILES string of the molecule is COc1nc(-c2cccc(-c3cccc(Nc4nc(C(F)F)nc5c4c(=O)n(C)c(=O)n5C)c3C)c2Cl)cc2c1C(NC[C@H]1CCC(=O)N1)CC2. The number of fused-ring (bicyclic) bond motifs is 2. The Kier molecular flexibility index (Phi) is 9.06. The summed E-state index contributed by atoms with van der Waals surface area (Å²) in [5.74, 6) is -0.374. The molecule has 12 nitrogen and oxygen atoms in total. The highest BCUT2D eigenvalue weighted by Gasteiger charge is 2.30. The number of ether oxygens (including phenoxy) is 1. The second-order valence-electron chi connectivity index (χ2n) is 12.8. The van der Waals surface area contributed by atoms with Crippen LogP contribution < -0.4 is 31.9 Å². The molecule has 1 aliphatic heterocycles. The van der Waals surface area contributed by atoms with Gasteiger partial charge in [0.2, 0.25) is 11.8 Å². The highest BCUT2D eigenvalue weighted by Crippen LogP contribution is 2.43. The first-order chi connectivity index (χ1) is 24.5. The van der Waals surface area contributed by atoms with E-state index in [0.717, 1.165) is 45.1 Å². The summed E-state index contributed by atoms with van der Waals surface area (Å²) in [4.78, 5) is 50.2. The first-order valence-electron chi connectivity index (χ1n) is 16.5. The Morgan fingerprint density at radius 3 is 2.47 bits per heavy atom. The Hall–Kier alpha value is -5.21. The molecule has 51 heavy (non-hydrogen) atoms. The molecule has 3 aromatic heterocycles. The van der Waals surface area contributed by atoms with Crippen LogP contribution in [0.15, 0.2) is 52.1 Å². The number of benzene rings is 2. The van der Waals surface area contributed by atoms with Gasteiger partial charge in [0.15, 0.2) is 11.5 Å². The topological polar surface area (TPSA) is 145 Å². The number of aromatic nitrogens is 5. The van der Waals surface area contributed by atoms with Crippen LogP contribution in [-0.4, -0.2) is 49.7 Å². The van der Waals surface area contributed by atoms with Gasteiger partial charge < -0.3 is 20.7 Å². The molecule has 1 saturated heterocycles. The average Bonchev–Trinajstić information content (AvgIpc) is 3.74. The molecule has 1 aliphatic carbocycles. The minimum absolute atomic E-state index is 0.0440. The van der Waals surface area contributed by atoms with E-state index in [1.54, 1.807) is 19.2 Å². The Bertz CT molecular complexity index is 2340. The number of pyridine rings is 1. The van der Waals surface area contributed by atoms with Gasteiger partial charge in [-0.25, -0.2) is 28.5 Å². The van der Waals surface area contributed by atoms with Gasteiger partial charge in [0.25, 0.3) is 12.0 Å². The molecule has 2 aromatic carbocycles. The number of nitrogens with zero attached hydrogens (tertiary/aromatic N) is 5. The minimum atomic E-state index is -3.04. The second kappa shape index (κ2) is 13.5. The first-order valence-corrected chi connectivity index (χ1v) is 16.9. The Morgan fingerprint density at radius 1 is 1.00 bits per heavy atom. The molecule has 15 heteroatoms. The maximum Gasteiger partial charge on any atom is 0.332 e. The van der Waals surface area contributed by atoms with Crippen molar-refractivity contribution in [1.29, 1.82) is 0 Å². The van der Waals surface area contributed by atoms with E-state index in [9.17, 15) is 23.2 Å². The van der Waals surface area contributed by atoms with E-state index in [1.807, 2.05) is 37.3 Å². The number of amides is 1. The van der Waals surface area contributed by atoms with Crippen LogP contribution in [0.2, 0.25) is 5.02 Å². The van der Waals surface area contributed by atoms with Gasteiger partial charge in [-0.05, 0) is 55.0 Å². The molecule has 1 unspecified atom stereocenters. The van der Waals surface area contributed by atoms with Gasteiger partial charge >= 0.3 is 5.69 Å². The summed E-state index contributed by atoms with van der Waals surface area (Å²) in [6, 6.07) is 13.2. The van der Waals surface area contributed by atoms with Crippen molar-refractivity contribution in [2.75, 3.05) is 19.0 Å². The maximum atomic E-state index is 13.9. The van der Waals surface area contributed by atoms with E-state index in [2.05, 4.69) is 25.9 Å². The number of carbonyl (C=O) groups excluding carboxylic acids is 1. The molecule has 0 bridgehead atoms. The molecule has 4 heterocycles. The fourth-order valence-corrected chi connectivity index (χ4v) is 7.33. The molecule has 7 rings (SSSR count). The fraction of sp³-hybridized carbons (Fsp3) is 0.333. The number of nitrogens with one attached hydrogen (secondary N) is 3. The standard InChI is InChI=1S/C36H35ClF2N8O4/c1-17-20(7-6-10-23(17)42-31-28-33(45-32(44-31)30(38)39)46(2)36(50)47(3)35(28)49)21-8-5-9-22(29(21)37)25-15-18-11-13-24(27(18)34(43-25)51-4)40-16-19-12-14-26(48)41-19/h5-10,15,19,24,30,40H,11-14,16H2,1-4H3,(H,41,48)(H,42,44,45)/t19-,24?/m1/s1. The number of methoxy groups -OCH3 is 1. The number of anilines is 2. The third-order valence-electron chi connectivity index (χ3n) is 9.71. The molecule has 2 aliphatic rings. The van der Waals surface area contributed by atoms with E-state index in [0.29, 0.717) is 51.9 Å². The monoisotopic (exact) mass is 716 g/mol. The largest absolute Gasteiger partial charge is 0.481 e. The lowest BCUT2D eigenvalue weighted by Gasteiger charge is -2.20. The molecule has 3 N–H and O–H groups in total. The number of alkyl halides is 2. The Morgan fingerprint density at radius 2 is 1.75 bits per heavy atom. The lowest BCUT2D eigenvalue weighted by molar-refractivity contribution is -0.119. The van der Waals surface area contributed by atoms with Gasteiger partial charge in [-0.1, -0.05) is 41.9 Å². The van der Waals surface area contributed by atoms with Gasteiger partial charge in [0.1, 0.15) is 11.2 Å². The van der Waals surface area contributed by atoms with Crippen molar-refractivity contribution in [3.05, 3.63) is 90.8 Å². The predicted octanol–water partition coefficient (Wildman–Crippen LogP) is 5.26. The number of hydrogen-bond acceptors (Lipinski definition) is 9. The van der Waals surface area contributed by atoms with Crippen LogP contribution in [0.3, 0.4) is 0 Å². The lowest BCUT2D eigenvalue weighted by Crippen LogP contribution is -2.38. The van der Waals surface area contributed by atoms with Crippen molar-refractivity contribution in [2.24, 2.45) is 14.1 Å². The van der Waals surface area contributed by atoms with E-state index >= 15 is 0 Å². The average molecular weight is 717 g/mol. The van der Waals surface area contributed by atoms with E-state index in [-0.39, 0.29) is 34.8 Å². The number of aryl methyl sites for hydroxylation is 2. The molecule has 1 fully saturated rings. The smallest absolute Gasteiger partial charge is 0.332 e. The molecule has 1 amide bonds. The zero-order chi connectivity index (χ0) is 36.1. The third-order valence-corrected chi connectivity index (χ3v) is 10.1. The Balaban J connectivity index is 1.24. The molecular formula is C36H35ClF2N8O4. The van der Waals surface area contributed by atoms with Gasteiger partial charge in [-0.3, -0.25) is 18.7 Å². The second-order valence-corrected chi connectivity index (χ2v) is 13.2. The quantitative estimate of drug-likeness (QED) is 0.186. The van der Waals surface area contributed by atoms with Crippen LogP contribution in [-0.2, 0) is 25.3 Å². The zero-order valence-corrected chi connectivity index (χ0v) is 29.1. The fourth-order valence-electron chi connectivity index (χ4n) is 7.01. The third kappa shape index (κ3) is 6.12. The van der Waals surface area contributed by atoms with Crippen LogP contribution >= 0.6 is 11.6 Å². The van der Waals surface area contributed by atoms with E-state index < -0.39 is 23.5 Å². The number of hydrogen-bond donors (Lipinski definition) is 3. The highest BCUT2D eigenvalue weighted by molar-refractivity contribution is 6.36. The van der Waals surface area contributed by atoms with Crippen LogP contribution in [0, 0.1) is 6.92 Å². The van der Waals surface area contributed by atoms with Gasteiger partial charge in [-0.15, -0.1) is 0 Å². The highest BCUT2D eigenvalue weighted by atomic mass is 35.5. The molecular weight excluding hydrogens is 682 g/mol. The van der Waals surface area contributed by atoms with Crippen LogP contribution in [0.4, 0.5) is 20.3 Å². The van der Waals surface area contributed by atoms with Gasteiger partial charge in [-0.2, -0.15) is 0 Å². The molecule has 0 radical (unpaired) electrons. The van der Waals surface area contributed by atoms with Crippen LogP contribution in [0.1, 0.15) is 54.2 Å². The summed E-state index contributed by atoms with van der Waals surface area (Å²) in [6.45, 7) is 2.51. The van der Waals surface area contributed by atoms with Crippen molar-refractivity contribution in [1.82, 2.24) is 34.7 Å². The summed E-state index contributed by atoms with van der Waals surface area (Å²) in [6.07, 6.45) is 0.00727. The van der Waals surface area contributed by atoms with Crippen molar-refractivity contribution in [3.63, 3.8) is 0 Å². The van der Waals surface area contributed by atoms with Crippen LogP contribution in [0.25, 0.3) is 33.4 Å². The number of carbonyl (C=O) groups is 1.